The van der Waals surface area contributed by atoms with Gasteiger partial charge in [-0.3, -0.25) is 4.79 Å². The number of ether oxygens (including phenoxy) is 4. The Kier molecular flexibility index (Phi) is 5.09. The minimum atomic E-state index is -0.276. The third-order valence-electron chi connectivity index (χ3n) is 3.66. The molecule has 0 fully saturated rings. The minimum Gasteiger partial charge on any atom is -0.497 e. The number of carbonyl (C=O) groups is 1. The summed E-state index contributed by atoms with van der Waals surface area (Å²) in [7, 11) is 3.11. The van der Waals surface area contributed by atoms with Gasteiger partial charge in [0.2, 0.25) is 5.91 Å². The second-order valence-electron chi connectivity index (χ2n) is 5.29. The molecule has 1 aliphatic heterocycles. The Morgan fingerprint density at radius 1 is 1.04 bits per heavy atom. The predicted octanol–water partition coefficient (Wildman–Crippen LogP) is 3.13. The first-order valence-electron chi connectivity index (χ1n) is 7.80. The Labute approximate surface area is 146 Å². The maximum absolute atomic E-state index is 12.2. The van der Waals surface area contributed by atoms with Gasteiger partial charge in [-0.2, -0.15) is 0 Å². The van der Waals surface area contributed by atoms with Crippen LogP contribution in [0.1, 0.15) is 5.56 Å². The summed E-state index contributed by atoms with van der Waals surface area (Å²) in [5, 5.41) is 2.78. The molecule has 2 aromatic rings. The highest BCUT2D eigenvalue weighted by atomic mass is 16.6. The maximum Gasteiger partial charge on any atom is 0.248 e. The second-order valence-corrected chi connectivity index (χ2v) is 5.29. The van der Waals surface area contributed by atoms with Gasteiger partial charge in [-0.25, -0.2) is 0 Å². The number of carbonyl (C=O) groups excluding carboxylic acids is 1. The van der Waals surface area contributed by atoms with Crippen molar-refractivity contribution in [2.24, 2.45) is 0 Å². The number of hydrogen-bond donors (Lipinski definition) is 1. The Morgan fingerprint density at radius 3 is 2.60 bits per heavy atom. The molecule has 1 N–H and O–H groups in total. The largest absolute Gasteiger partial charge is 0.497 e. The van der Waals surface area contributed by atoms with Crippen LogP contribution in [0.25, 0.3) is 6.08 Å². The summed E-state index contributed by atoms with van der Waals surface area (Å²) in [6.45, 7) is 1.07. The van der Waals surface area contributed by atoms with Crippen LogP contribution in [0, 0.1) is 0 Å². The van der Waals surface area contributed by atoms with Gasteiger partial charge in [-0.1, -0.05) is 6.07 Å². The molecule has 130 valence electrons. The Morgan fingerprint density at radius 2 is 1.84 bits per heavy atom. The molecule has 2 aromatic carbocycles. The molecule has 0 aromatic heterocycles. The molecule has 6 nitrogen and oxygen atoms in total. The highest BCUT2D eigenvalue weighted by Gasteiger charge is 2.11. The molecule has 0 saturated heterocycles. The van der Waals surface area contributed by atoms with Gasteiger partial charge in [0.1, 0.15) is 24.7 Å². The minimum absolute atomic E-state index is 0.276. The van der Waals surface area contributed by atoms with Crippen molar-refractivity contribution in [3.8, 4) is 23.0 Å². The molecular formula is C19H19NO5. The van der Waals surface area contributed by atoms with E-state index in [0.717, 1.165) is 5.56 Å². The lowest BCUT2D eigenvalue weighted by Gasteiger charge is -2.18. The number of hydrogen-bond acceptors (Lipinski definition) is 5. The molecule has 6 heteroatoms. The second kappa shape index (κ2) is 7.61. The van der Waals surface area contributed by atoms with Crippen LogP contribution in [0.4, 0.5) is 5.69 Å². The van der Waals surface area contributed by atoms with Crippen molar-refractivity contribution < 1.29 is 23.7 Å². The molecular weight excluding hydrogens is 322 g/mol. The van der Waals surface area contributed by atoms with Gasteiger partial charge in [0.25, 0.3) is 0 Å². The molecule has 0 bridgehead atoms. The van der Waals surface area contributed by atoms with E-state index in [1.54, 1.807) is 38.5 Å². The van der Waals surface area contributed by atoms with E-state index in [4.69, 9.17) is 18.9 Å². The van der Waals surface area contributed by atoms with Crippen LogP contribution >= 0.6 is 0 Å². The van der Waals surface area contributed by atoms with Crippen LogP contribution in [0.15, 0.2) is 42.5 Å². The van der Waals surface area contributed by atoms with E-state index in [2.05, 4.69) is 5.32 Å². The fraction of sp³-hybridized carbons (Fsp3) is 0.211. The first-order valence-corrected chi connectivity index (χ1v) is 7.80. The van der Waals surface area contributed by atoms with Crippen LogP contribution in [-0.4, -0.2) is 33.3 Å². The zero-order valence-electron chi connectivity index (χ0n) is 14.1. The van der Waals surface area contributed by atoms with Crippen molar-refractivity contribution in [3.63, 3.8) is 0 Å². The summed E-state index contributed by atoms with van der Waals surface area (Å²) in [5.41, 5.74) is 1.38. The number of rotatable bonds is 5. The average Bonchev–Trinajstić information content (AvgIpc) is 2.66. The molecule has 0 unspecified atom stereocenters. The number of anilines is 1. The fourth-order valence-corrected chi connectivity index (χ4v) is 2.42. The summed E-state index contributed by atoms with van der Waals surface area (Å²) in [6, 6.07) is 10.7. The quantitative estimate of drug-likeness (QED) is 0.847. The fourth-order valence-electron chi connectivity index (χ4n) is 2.42. The van der Waals surface area contributed by atoms with E-state index in [0.29, 0.717) is 41.9 Å². The number of methoxy groups -OCH3 is 2. The molecule has 1 aliphatic rings. The maximum atomic E-state index is 12.2. The number of benzene rings is 2. The molecule has 0 spiro atoms. The van der Waals surface area contributed by atoms with Crippen molar-refractivity contribution in [3.05, 3.63) is 48.0 Å². The molecule has 1 amide bonds. The summed E-state index contributed by atoms with van der Waals surface area (Å²) in [5.74, 6) is 2.31. The molecule has 0 aliphatic carbocycles. The van der Waals surface area contributed by atoms with Gasteiger partial charge in [-0.15, -0.1) is 0 Å². The van der Waals surface area contributed by atoms with Crippen molar-refractivity contribution >= 4 is 17.7 Å². The Balaban J connectivity index is 1.71. The normalized spacial score (nSPS) is 12.7. The highest BCUT2D eigenvalue weighted by Crippen LogP contribution is 2.31. The van der Waals surface area contributed by atoms with Crippen molar-refractivity contribution in [2.75, 3.05) is 32.8 Å². The van der Waals surface area contributed by atoms with Gasteiger partial charge in [0, 0.05) is 12.1 Å². The lowest BCUT2D eigenvalue weighted by molar-refractivity contribution is -0.111. The van der Waals surface area contributed by atoms with Gasteiger partial charge < -0.3 is 24.3 Å². The van der Waals surface area contributed by atoms with E-state index < -0.39 is 0 Å². The molecule has 25 heavy (non-hydrogen) atoms. The van der Waals surface area contributed by atoms with Gasteiger partial charge in [0.15, 0.2) is 11.5 Å². The average molecular weight is 341 g/mol. The standard InChI is InChI=1S/C19H19NO5/c1-22-14-5-7-16(23-2)15(12-14)20-19(21)8-4-13-3-6-17-18(11-13)25-10-9-24-17/h3-8,11-12H,9-10H2,1-2H3,(H,20,21)/b8-4+. The van der Waals surface area contributed by atoms with Crippen LogP contribution in [-0.2, 0) is 4.79 Å². The van der Waals surface area contributed by atoms with Crippen molar-refractivity contribution in [1.82, 2.24) is 0 Å². The van der Waals surface area contributed by atoms with Gasteiger partial charge in [0.05, 0.1) is 19.9 Å². The predicted molar refractivity (Wildman–Crippen MR) is 94.6 cm³/mol. The molecule has 0 radical (unpaired) electrons. The van der Waals surface area contributed by atoms with E-state index in [1.165, 1.54) is 6.08 Å². The van der Waals surface area contributed by atoms with E-state index >= 15 is 0 Å². The third-order valence-corrected chi connectivity index (χ3v) is 3.66. The molecule has 3 rings (SSSR count). The van der Waals surface area contributed by atoms with Crippen LogP contribution in [0.3, 0.4) is 0 Å². The molecule has 1 heterocycles. The summed E-state index contributed by atoms with van der Waals surface area (Å²) < 4.78 is 21.4. The van der Waals surface area contributed by atoms with Gasteiger partial charge >= 0.3 is 0 Å². The van der Waals surface area contributed by atoms with Crippen LogP contribution in [0.5, 0.6) is 23.0 Å². The Hall–Kier alpha value is -3.15. The zero-order chi connectivity index (χ0) is 17.6. The number of nitrogens with one attached hydrogen (secondary N) is 1. The third kappa shape index (κ3) is 4.03. The number of fused-ring (bicyclic) bond motifs is 1. The summed E-state index contributed by atoms with van der Waals surface area (Å²) in [6.07, 6.45) is 3.16. The van der Waals surface area contributed by atoms with Crippen molar-refractivity contribution in [2.45, 2.75) is 0 Å². The highest BCUT2D eigenvalue weighted by molar-refractivity contribution is 6.02. The Bertz CT molecular complexity index is 800. The van der Waals surface area contributed by atoms with E-state index in [1.807, 2.05) is 18.2 Å². The van der Waals surface area contributed by atoms with Crippen molar-refractivity contribution in [1.29, 1.82) is 0 Å². The monoisotopic (exact) mass is 341 g/mol. The van der Waals surface area contributed by atoms with Crippen LogP contribution in [0.2, 0.25) is 0 Å². The van der Waals surface area contributed by atoms with Gasteiger partial charge in [-0.05, 0) is 35.9 Å². The summed E-state index contributed by atoms with van der Waals surface area (Å²) >= 11 is 0. The molecule has 0 saturated carbocycles. The topological polar surface area (TPSA) is 66.0 Å². The first-order chi connectivity index (χ1) is 12.2. The lowest BCUT2D eigenvalue weighted by Crippen LogP contribution is -2.15. The van der Waals surface area contributed by atoms with E-state index in [-0.39, 0.29) is 5.91 Å². The summed E-state index contributed by atoms with van der Waals surface area (Å²) in [4.78, 5) is 12.2. The number of amides is 1. The zero-order valence-corrected chi connectivity index (χ0v) is 14.1. The lowest BCUT2D eigenvalue weighted by atomic mass is 10.2. The molecule has 0 atom stereocenters. The smallest absolute Gasteiger partial charge is 0.248 e. The SMILES string of the molecule is COc1ccc(OC)c(NC(=O)/C=C/c2ccc3c(c2)OCCO3)c1. The van der Waals surface area contributed by atoms with Crippen LogP contribution < -0.4 is 24.3 Å². The van der Waals surface area contributed by atoms with E-state index in [9.17, 15) is 4.79 Å². The first kappa shape index (κ1) is 16.7.